The largest absolute Gasteiger partial charge is 0.427 e. The Labute approximate surface area is 85.0 Å². The maximum Gasteiger partial charge on any atom is 0.308 e. The van der Waals surface area contributed by atoms with Crippen LogP contribution < -0.4 is 10.1 Å². The van der Waals surface area contributed by atoms with E-state index < -0.39 is 17.7 Å². The molecule has 0 spiro atoms. The number of fused-ring (bicyclic) bond motifs is 1. The third-order valence-corrected chi connectivity index (χ3v) is 1.95. The number of rotatable bonds is 1. The Kier molecular flexibility index (Phi) is 2.00. The average Bonchev–Trinajstić information content (AvgIpc) is 2.43. The molecular weight excluding hydrogens is 198 g/mol. The second-order valence-corrected chi connectivity index (χ2v) is 3.08. The SMILES string of the molecule is CC(=O)Oc1ccc2c(c1)C(=O)C(=O)N2. The average molecular weight is 205 g/mol. The first-order chi connectivity index (χ1) is 7.08. The summed E-state index contributed by atoms with van der Waals surface area (Å²) in [5.41, 5.74) is 0.680. The Bertz CT molecular complexity index is 478. The quantitative estimate of drug-likeness (QED) is 0.417. The normalized spacial score (nSPS) is 13.4. The minimum Gasteiger partial charge on any atom is -0.427 e. The molecule has 1 aliphatic rings. The van der Waals surface area contributed by atoms with Crippen molar-refractivity contribution in [1.82, 2.24) is 0 Å². The molecule has 0 radical (unpaired) electrons. The molecule has 5 nitrogen and oxygen atoms in total. The minimum atomic E-state index is -0.662. The first kappa shape index (κ1) is 9.39. The lowest BCUT2D eigenvalue weighted by Gasteiger charge is -2.02. The number of esters is 1. The number of hydrogen-bond acceptors (Lipinski definition) is 4. The van der Waals surface area contributed by atoms with Crippen LogP contribution >= 0.6 is 0 Å². The fraction of sp³-hybridized carbons (Fsp3) is 0.100. The number of nitrogens with one attached hydrogen (secondary N) is 1. The summed E-state index contributed by atoms with van der Waals surface area (Å²) < 4.78 is 4.79. The zero-order valence-electron chi connectivity index (χ0n) is 7.87. The molecule has 1 aromatic carbocycles. The van der Waals surface area contributed by atoms with Gasteiger partial charge in [0.2, 0.25) is 0 Å². The van der Waals surface area contributed by atoms with E-state index in [9.17, 15) is 14.4 Å². The molecule has 0 aromatic heterocycles. The van der Waals surface area contributed by atoms with Crippen LogP contribution in [-0.4, -0.2) is 17.7 Å². The van der Waals surface area contributed by atoms with Crippen LogP contribution in [0.4, 0.5) is 5.69 Å². The van der Waals surface area contributed by atoms with Crippen LogP contribution in [0.1, 0.15) is 17.3 Å². The molecule has 0 saturated carbocycles. The summed E-state index contributed by atoms with van der Waals surface area (Å²) in [5.74, 6) is -1.49. The summed E-state index contributed by atoms with van der Waals surface area (Å²) in [6.07, 6.45) is 0. The van der Waals surface area contributed by atoms with Crippen molar-refractivity contribution in [3.8, 4) is 5.75 Å². The summed E-state index contributed by atoms with van der Waals surface area (Å²) in [6, 6.07) is 4.41. The van der Waals surface area contributed by atoms with E-state index >= 15 is 0 Å². The van der Waals surface area contributed by atoms with Gasteiger partial charge >= 0.3 is 5.97 Å². The van der Waals surface area contributed by atoms with Gasteiger partial charge in [0, 0.05) is 6.92 Å². The van der Waals surface area contributed by atoms with Gasteiger partial charge in [-0.05, 0) is 18.2 Å². The lowest BCUT2D eigenvalue weighted by Crippen LogP contribution is -2.12. The van der Waals surface area contributed by atoms with Crippen LogP contribution in [0.5, 0.6) is 5.75 Å². The summed E-state index contributed by atoms with van der Waals surface area (Å²) in [6.45, 7) is 1.26. The highest BCUT2D eigenvalue weighted by Crippen LogP contribution is 2.27. The van der Waals surface area contributed by atoms with E-state index in [-0.39, 0.29) is 11.3 Å². The Balaban J connectivity index is 2.39. The predicted octanol–water partition coefficient (Wildman–Crippen LogP) is 0.747. The maximum absolute atomic E-state index is 11.3. The molecule has 0 bridgehead atoms. The van der Waals surface area contributed by atoms with E-state index in [0.717, 1.165) is 0 Å². The molecule has 0 aliphatic carbocycles. The second-order valence-electron chi connectivity index (χ2n) is 3.08. The number of anilines is 1. The van der Waals surface area contributed by atoms with E-state index in [1.54, 1.807) is 0 Å². The Morgan fingerprint density at radius 3 is 2.73 bits per heavy atom. The number of carbonyl (C=O) groups is 3. The molecular formula is C10H7NO4. The molecule has 1 amide bonds. The Morgan fingerprint density at radius 2 is 2.07 bits per heavy atom. The van der Waals surface area contributed by atoms with Gasteiger partial charge < -0.3 is 10.1 Å². The summed E-state index contributed by atoms with van der Waals surface area (Å²) >= 11 is 0. The molecule has 5 heteroatoms. The van der Waals surface area contributed by atoms with Crippen molar-refractivity contribution >= 4 is 23.3 Å². The van der Waals surface area contributed by atoms with E-state index in [2.05, 4.69) is 5.32 Å². The second kappa shape index (κ2) is 3.20. The molecule has 1 aliphatic heterocycles. The Hall–Kier alpha value is -2.17. The van der Waals surface area contributed by atoms with Crippen molar-refractivity contribution in [3.05, 3.63) is 23.8 Å². The van der Waals surface area contributed by atoms with Crippen LogP contribution in [0.2, 0.25) is 0 Å². The van der Waals surface area contributed by atoms with Crippen molar-refractivity contribution in [1.29, 1.82) is 0 Å². The topological polar surface area (TPSA) is 72.5 Å². The number of ether oxygens (including phenoxy) is 1. The molecule has 0 fully saturated rings. The number of amides is 1. The molecule has 1 aromatic rings. The number of Topliss-reactive ketones (excluding diaryl/α,β-unsaturated/α-hetero) is 1. The summed E-state index contributed by atoms with van der Waals surface area (Å²) in [5, 5.41) is 2.40. The van der Waals surface area contributed by atoms with Crippen molar-refractivity contribution in [2.75, 3.05) is 5.32 Å². The van der Waals surface area contributed by atoms with Crippen LogP contribution in [0, 0.1) is 0 Å². The highest BCUT2D eigenvalue weighted by Gasteiger charge is 2.28. The summed E-state index contributed by atoms with van der Waals surface area (Å²) in [4.78, 5) is 32.9. The van der Waals surface area contributed by atoms with Gasteiger partial charge in [0.05, 0.1) is 11.3 Å². The molecule has 0 unspecified atom stereocenters. The van der Waals surface area contributed by atoms with Gasteiger partial charge in [0.1, 0.15) is 5.75 Å². The predicted molar refractivity (Wildman–Crippen MR) is 50.7 cm³/mol. The van der Waals surface area contributed by atoms with Gasteiger partial charge in [0.15, 0.2) is 0 Å². The third kappa shape index (κ3) is 1.59. The molecule has 0 atom stereocenters. The van der Waals surface area contributed by atoms with Gasteiger partial charge in [-0.1, -0.05) is 0 Å². The van der Waals surface area contributed by atoms with Crippen molar-refractivity contribution in [3.63, 3.8) is 0 Å². The van der Waals surface area contributed by atoms with Crippen molar-refractivity contribution < 1.29 is 19.1 Å². The van der Waals surface area contributed by atoms with Crippen molar-refractivity contribution in [2.24, 2.45) is 0 Å². The van der Waals surface area contributed by atoms with Gasteiger partial charge in [-0.15, -0.1) is 0 Å². The lowest BCUT2D eigenvalue weighted by molar-refractivity contribution is -0.131. The molecule has 15 heavy (non-hydrogen) atoms. The Morgan fingerprint density at radius 1 is 1.33 bits per heavy atom. The van der Waals surface area contributed by atoms with Gasteiger partial charge in [0.25, 0.3) is 11.7 Å². The smallest absolute Gasteiger partial charge is 0.308 e. The monoisotopic (exact) mass is 205 g/mol. The maximum atomic E-state index is 11.3. The molecule has 1 N–H and O–H groups in total. The number of carbonyl (C=O) groups excluding carboxylic acids is 3. The van der Waals surface area contributed by atoms with Gasteiger partial charge in [-0.3, -0.25) is 14.4 Å². The summed E-state index contributed by atoms with van der Waals surface area (Å²) in [7, 11) is 0. The molecule has 76 valence electrons. The zero-order valence-corrected chi connectivity index (χ0v) is 7.87. The molecule has 1 heterocycles. The van der Waals surface area contributed by atoms with Gasteiger partial charge in [-0.2, -0.15) is 0 Å². The fourth-order valence-electron chi connectivity index (χ4n) is 1.35. The van der Waals surface area contributed by atoms with Crippen LogP contribution in [-0.2, 0) is 9.59 Å². The third-order valence-electron chi connectivity index (χ3n) is 1.95. The number of hydrogen-bond donors (Lipinski definition) is 1. The van der Waals surface area contributed by atoms with E-state index in [1.165, 1.54) is 25.1 Å². The molecule has 0 saturated heterocycles. The van der Waals surface area contributed by atoms with Gasteiger partial charge in [-0.25, -0.2) is 0 Å². The number of benzene rings is 1. The van der Waals surface area contributed by atoms with Crippen LogP contribution in [0.15, 0.2) is 18.2 Å². The standard InChI is InChI=1S/C10H7NO4/c1-5(12)15-6-2-3-8-7(4-6)9(13)10(14)11-8/h2-4H,1H3,(H,11,13,14). The zero-order chi connectivity index (χ0) is 11.0. The highest BCUT2D eigenvalue weighted by atomic mass is 16.5. The van der Waals surface area contributed by atoms with Crippen LogP contribution in [0.3, 0.4) is 0 Å². The van der Waals surface area contributed by atoms with Crippen LogP contribution in [0.25, 0.3) is 0 Å². The number of ketones is 1. The van der Waals surface area contributed by atoms with E-state index in [1.807, 2.05) is 0 Å². The van der Waals surface area contributed by atoms with E-state index in [0.29, 0.717) is 5.69 Å². The lowest BCUT2D eigenvalue weighted by atomic mass is 10.1. The minimum absolute atomic E-state index is 0.235. The van der Waals surface area contributed by atoms with Crippen molar-refractivity contribution in [2.45, 2.75) is 6.92 Å². The first-order valence-electron chi connectivity index (χ1n) is 4.26. The molecule has 2 rings (SSSR count). The first-order valence-corrected chi connectivity index (χ1v) is 4.26. The fourth-order valence-corrected chi connectivity index (χ4v) is 1.35. The van der Waals surface area contributed by atoms with E-state index in [4.69, 9.17) is 4.74 Å². The highest BCUT2D eigenvalue weighted by molar-refractivity contribution is 6.51.